The summed E-state index contributed by atoms with van der Waals surface area (Å²) >= 11 is 0. The van der Waals surface area contributed by atoms with Crippen LogP contribution in [0.5, 0.6) is 0 Å². The molecule has 0 unspecified atom stereocenters. The molecule has 0 saturated heterocycles. The Labute approximate surface area is 98.0 Å². The molecule has 1 rings (SSSR count). The minimum Gasteiger partial charge on any atom is -0.293 e. The number of benzene rings is 1. The van der Waals surface area contributed by atoms with Gasteiger partial charge < -0.3 is 0 Å². The number of Topliss-reactive ketones (excluding diaryl/α,β-unsaturated/α-hetero) is 1. The molecule has 92 valence electrons. The topological polar surface area (TPSA) is 17.1 Å². The van der Waals surface area contributed by atoms with Crippen molar-refractivity contribution in [2.45, 2.75) is 20.0 Å². The summed E-state index contributed by atoms with van der Waals surface area (Å²) in [6.07, 6.45) is -3.17. The van der Waals surface area contributed by atoms with Crippen LogP contribution in [-0.2, 0) is 6.18 Å². The molecule has 0 aliphatic carbocycles. The van der Waals surface area contributed by atoms with Crippen LogP contribution in [0, 0.1) is 5.41 Å². The van der Waals surface area contributed by atoms with Crippen molar-refractivity contribution in [3.05, 3.63) is 48.0 Å². The molecule has 0 fully saturated rings. The fraction of sp³-hybridized carbons (Fsp3) is 0.308. The normalized spacial score (nSPS) is 12.3. The molecule has 0 atom stereocenters. The fourth-order valence-corrected chi connectivity index (χ4v) is 1.37. The second-order valence-electron chi connectivity index (χ2n) is 4.30. The molecule has 0 aromatic heterocycles. The van der Waals surface area contributed by atoms with E-state index >= 15 is 0 Å². The monoisotopic (exact) mass is 242 g/mol. The first-order valence-electron chi connectivity index (χ1n) is 5.05. The van der Waals surface area contributed by atoms with E-state index in [1.165, 1.54) is 38.1 Å². The molecule has 0 bridgehead atoms. The van der Waals surface area contributed by atoms with Crippen molar-refractivity contribution in [1.82, 2.24) is 0 Å². The molecule has 0 amide bonds. The molecule has 0 N–H and O–H groups in total. The highest BCUT2D eigenvalue weighted by Gasteiger charge is 2.37. The third-order valence-corrected chi connectivity index (χ3v) is 2.57. The van der Waals surface area contributed by atoms with Crippen molar-refractivity contribution < 1.29 is 18.0 Å². The predicted molar refractivity (Wildman–Crippen MR) is 59.8 cm³/mol. The number of hydrogen-bond acceptors (Lipinski definition) is 1. The zero-order chi connectivity index (χ0) is 13.3. The molecule has 0 saturated carbocycles. The second kappa shape index (κ2) is 4.35. The Bertz CT molecular complexity index is 444. The van der Waals surface area contributed by atoms with Gasteiger partial charge in [-0.3, -0.25) is 4.79 Å². The van der Waals surface area contributed by atoms with Crippen LogP contribution >= 0.6 is 0 Å². The highest BCUT2D eigenvalue weighted by atomic mass is 19.4. The van der Waals surface area contributed by atoms with Gasteiger partial charge in [0.25, 0.3) is 0 Å². The lowest BCUT2D eigenvalue weighted by Gasteiger charge is -2.20. The Hall–Kier alpha value is -1.58. The van der Waals surface area contributed by atoms with E-state index in [-0.39, 0.29) is 5.56 Å². The van der Waals surface area contributed by atoms with Crippen LogP contribution in [0.1, 0.15) is 29.8 Å². The number of hydrogen-bond donors (Lipinski definition) is 0. The van der Waals surface area contributed by atoms with Crippen LogP contribution in [0.2, 0.25) is 0 Å². The first kappa shape index (κ1) is 13.5. The van der Waals surface area contributed by atoms with Gasteiger partial charge in [-0.15, -0.1) is 6.58 Å². The lowest BCUT2D eigenvalue weighted by Crippen LogP contribution is -2.24. The van der Waals surface area contributed by atoms with Crippen molar-refractivity contribution >= 4 is 5.78 Å². The lowest BCUT2D eigenvalue weighted by atomic mass is 9.83. The lowest BCUT2D eigenvalue weighted by molar-refractivity contribution is -0.137. The summed E-state index contributed by atoms with van der Waals surface area (Å²) in [5.74, 6) is -0.583. The Morgan fingerprint density at radius 1 is 1.24 bits per heavy atom. The Morgan fingerprint density at radius 2 is 1.76 bits per heavy atom. The fourth-order valence-electron chi connectivity index (χ4n) is 1.37. The van der Waals surface area contributed by atoms with Crippen molar-refractivity contribution in [3.8, 4) is 0 Å². The van der Waals surface area contributed by atoms with Gasteiger partial charge in [0.05, 0.1) is 5.56 Å². The average Bonchev–Trinajstić information content (AvgIpc) is 2.27. The van der Waals surface area contributed by atoms with Crippen LogP contribution in [0.3, 0.4) is 0 Å². The van der Waals surface area contributed by atoms with Gasteiger partial charge in [-0.25, -0.2) is 0 Å². The molecule has 17 heavy (non-hydrogen) atoms. The summed E-state index contributed by atoms with van der Waals surface area (Å²) in [5, 5.41) is 0. The quantitative estimate of drug-likeness (QED) is 0.576. The van der Waals surface area contributed by atoms with Crippen molar-refractivity contribution in [1.29, 1.82) is 0 Å². The molecular weight excluding hydrogens is 229 g/mol. The van der Waals surface area contributed by atoms with Gasteiger partial charge in [0.1, 0.15) is 0 Å². The van der Waals surface area contributed by atoms with Crippen molar-refractivity contribution in [2.24, 2.45) is 5.41 Å². The Kier molecular flexibility index (Phi) is 3.45. The van der Waals surface area contributed by atoms with Crippen LogP contribution in [0.15, 0.2) is 36.9 Å². The van der Waals surface area contributed by atoms with E-state index in [0.29, 0.717) is 0 Å². The number of carbonyl (C=O) groups is 1. The number of allylic oxidation sites excluding steroid dienone is 1. The number of ketones is 1. The van der Waals surface area contributed by atoms with Crippen molar-refractivity contribution in [3.63, 3.8) is 0 Å². The smallest absolute Gasteiger partial charge is 0.293 e. The number of alkyl halides is 3. The number of halogens is 3. The van der Waals surface area contributed by atoms with Gasteiger partial charge in [-0.05, 0) is 19.9 Å². The van der Waals surface area contributed by atoms with E-state index in [1.807, 2.05) is 0 Å². The summed E-state index contributed by atoms with van der Waals surface area (Å²) in [6.45, 7) is 6.54. The van der Waals surface area contributed by atoms with Crippen molar-refractivity contribution in [2.75, 3.05) is 0 Å². The highest BCUT2D eigenvalue weighted by molar-refractivity contribution is 6.02. The molecule has 4 heteroatoms. The third kappa shape index (κ3) is 2.75. The highest BCUT2D eigenvalue weighted by Crippen LogP contribution is 2.34. The molecule has 1 aromatic rings. The van der Waals surface area contributed by atoms with E-state index in [0.717, 1.165) is 6.07 Å². The molecule has 0 spiro atoms. The largest absolute Gasteiger partial charge is 0.417 e. The maximum atomic E-state index is 12.7. The number of carbonyl (C=O) groups excluding carboxylic acids is 1. The summed E-state index contributed by atoms with van der Waals surface area (Å²) in [6, 6.07) is 4.78. The van der Waals surface area contributed by atoms with Crippen LogP contribution in [-0.4, -0.2) is 5.78 Å². The molecule has 1 nitrogen and oxygen atoms in total. The SMILES string of the molecule is C=CC(C)(C)C(=O)c1ccccc1C(F)(F)F. The van der Waals surface area contributed by atoms with Crippen LogP contribution < -0.4 is 0 Å². The Morgan fingerprint density at radius 3 is 2.24 bits per heavy atom. The zero-order valence-corrected chi connectivity index (χ0v) is 9.64. The van der Waals surface area contributed by atoms with E-state index in [2.05, 4.69) is 6.58 Å². The minimum atomic E-state index is -4.52. The van der Waals surface area contributed by atoms with Gasteiger partial charge in [0.2, 0.25) is 0 Å². The number of rotatable bonds is 3. The van der Waals surface area contributed by atoms with Gasteiger partial charge in [-0.1, -0.05) is 24.3 Å². The maximum Gasteiger partial charge on any atom is 0.417 e. The molecule has 0 heterocycles. The minimum absolute atomic E-state index is 0.315. The van der Waals surface area contributed by atoms with E-state index in [1.54, 1.807) is 0 Å². The zero-order valence-electron chi connectivity index (χ0n) is 9.64. The maximum absolute atomic E-state index is 12.7. The standard InChI is InChI=1S/C13H13F3O/c1-4-12(2,3)11(17)9-7-5-6-8-10(9)13(14,15)16/h4-8H,1H2,2-3H3. The predicted octanol–water partition coefficient (Wildman–Crippen LogP) is 4.10. The average molecular weight is 242 g/mol. The molecule has 1 aromatic carbocycles. The summed E-state index contributed by atoms with van der Waals surface area (Å²) in [4.78, 5) is 12.0. The van der Waals surface area contributed by atoms with E-state index in [9.17, 15) is 18.0 Å². The van der Waals surface area contributed by atoms with Crippen LogP contribution in [0.4, 0.5) is 13.2 Å². The van der Waals surface area contributed by atoms with Gasteiger partial charge in [0.15, 0.2) is 5.78 Å². The molecule has 0 aliphatic rings. The van der Waals surface area contributed by atoms with Gasteiger partial charge in [-0.2, -0.15) is 13.2 Å². The third-order valence-electron chi connectivity index (χ3n) is 2.57. The molecular formula is C13H13F3O. The molecule has 0 radical (unpaired) electrons. The summed E-state index contributed by atoms with van der Waals surface area (Å²) in [5.41, 5.74) is -2.23. The van der Waals surface area contributed by atoms with Gasteiger partial charge >= 0.3 is 6.18 Å². The van der Waals surface area contributed by atoms with Gasteiger partial charge in [0, 0.05) is 11.0 Å². The van der Waals surface area contributed by atoms with E-state index < -0.39 is 22.9 Å². The van der Waals surface area contributed by atoms with E-state index in [4.69, 9.17) is 0 Å². The molecule has 0 aliphatic heterocycles. The summed E-state index contributed by atoms with van der Waals surface area (Å²) in [7, 11) is 0. The first-order valence-corrected chi connectivity index (χ1v) is 5.05. The summed E-state index contributed by atoms with van der Waals surface area (Å²) < 4.78 is 38.2. The van der Waals surface area contributed by atoms with Crippen LogP contribution in [0.25, 0.3) is 0 Å². The Balaban J connectivity index is 3.33. The first-order chi connectivity index (χ1) is 7.70. The second-order valence-corrected chi connectivity index (χ2v) is 4.30.